The van der Waals surface area contributed by atoms with Crippen LogP contribution in [-0.4, -0.2) is 5.78 Å². The van der Waals surface area contributed by atoms with E-state index in [0.29, 0.717) is 6.42 Å². The van der Waals surface area contributed by atoms with Gasteiger partial charge in [0.1, 0.15) is 0 Å². The van der Waals surface area contributed by atoms with Crippen LogP contribution in [0.3, 0.4) is 0 Å². The van der Waals surface area contributed by atoms with Crippen LogP contribution in [-0.2, 0) is 0 Å². The first kappa shape index (κ1) is 11.6. The molecule has 0 fully saturated rings. The summed E-state index contributed by atoms with van der Waals surface area (Å²) in [4.78, 5) is 12.0. The number of aryl methyl sites for hydroxylation is 1. The van der Waals surface area contributed by atoms with Crippen molar-refractivity contribution < 1.29 is 4.79 Å². The van der Waals surface area contributed by atoms with Crippen molar-refractivity contribution in [3.05, 3.63) is 59.7 Å². The number of benzene rings is 2. The van der Waals surface area contributed by atoms with Gasteiger partial charge in [-0.2, -0.15) is 0 Å². The van der Waals surface area contributed by atoms with Gasteiger partial charge in [0.15, 0.2) is 5.78 Å². The maximum Gasteiger partial charge on any atom is 0.163 e. The van der Waals surface area contributed by atoms with Gasteiger partial charge in [-0.05, 0) is 23.6 Å². The third-order valence-corrected chi connectivity index (χ3v) is 2.96. The molecule has 1 nitrogen and oxygen atoms in total. The van der Waals surface area contributed by atoms with E-state index in [-0.39, 0.29) is 5.78 Å². The SMILES string of the molecule is CCC(=O)c1cccc(C)c1-c1ccccc1. The van der Waals surface area contributed by atoms with Crippen LogP contribution in [0.2, 0.25) is 0 Å². The van der Waals surface area contributed by atoms with E-state index < -0.39 is 0 Å². The summed E-state index contributed by atoms with van der Waals surface area (Å²) in [6.07, 6.45) is 0.545. The van der Waals surface area contributed by atoms with Crippen molar-refractivity contribution in [3.8, 4) is 11.1 Å². The first-order valence-corrected chi connectivity index (χ1v) is 5.92. The highest BCUT2D eigenvalue weighted by molar-refractivity contribution is 6.02. The average molecular weight is 224 g/mol. The van der Waals surface area contributed by atoms with E-state index in [9.17, 15) is 4.79 Å². The molecule has 0 aromatic heterocycles. The fourth-order valence-electron chi connectivity index (χ4n) is 2.08. The summed E-state index contributed by atoms with van der Waals surface area (Å²) in [5.41, 5.74) is 4.16. The topological polar surface area (TPSA) is 17.1 Å². The fourth-order valence-corrected chi connectivity index (χ4v) is 2.08. The standard InChI is InChI=1S/C16H16O/c1-3-15(17)14-11-7-8-12(2)16(14)13-9-5-4-6-10-13/h4-11H,3H2,1-2H3. The Labute approximate surface area is 102 Å². The highest BCUT2D eigenvalue weighted by Gasteiger charge is 2.12. The monoisotopic (exact) mass is 224 g/mol. The molecular formula is C16H16O. The highest BCUT2D eigenvalue weighted by Crippen LogP contribution is 2.28. The van der Waals surface area contributed by atoms with E-state index in [1.165, 1.54) is 0 Å². The summed E-state index contributed by atoms with van der Waals surface area (Å²) < 4.78 is 0. The van der Waals surface area contributed by atoms with Crippen LogP contribution in [0, 0.1) is 6.92 Å². The predicted molar refractivity (Wildman–Crippen MR) is 71.2 cm³/mol. The van der Waals surface area contributed by atoms with Crippen LogP contribution in [0.15, 0.2) is 48.5 Å². The Balaban J connectivity index is 2.64. The lowest BCUT2D eigenvalue weighted by Crippen LogP contribution is -2.01. The van der Waals surface area contributed by atoms with Crippen LogP contribution in [0.25, 0.3) is 11.1 Å². The zero-order valence-corrected chi connectivity index (χ0v) is 10.2. The zero-order chi connectivity index (χ0) is 12.3. The minimum atomic E-state index is 0.201. The van der Waals surface area contributed by atoms with E-state index in [0.717, 1.165) is 22.3 Å². The van der Waals surface area contributed by atoms with E-state index in [2.05, 4.69) is 25.1 Å². The molecule has 0 spiro atoms. The minimum Gasteiger partial charge on any atom is -0.294 e. The second-order valence-corrected chi connectivity index (χ2v) is 4.14. The van der Waals surface area contributed by atoms with Gasteiger partial charge in [0, 0.05) is 12.0 Å². The van der Waals surface area contributed by atoms with Crippen molar-refractivity contribution in [1.29, 1.82) is 0 Å². The largest absolute Gasteiger partial charge is 0.294 e. The molecule has 2 aromatic carbocycles. The average Bonchev–Trinajstić information content (AvgIpc) is 2.38. The molecule has 0 aliphatic carbocycles. The lowest BCUT2D eigenvalue weighted by atomic mass is 9.92. The number of ketones is 1. The van der Waals surface area contributed by atoms with E-state index in [4.69, 9.17) is 0 Å². The second-order valence-electron chi connectivity index (χ2n) is 4.14. The molecule has 86 valence electrons. The molecule has 0 aliphatic rings. The van der Waals surface area contributed by atoms with Gasteiger partial charge >= 0.3 is 0 Å². The summed E-state index contributed by atoms with van der Waals surface area (Å²) >= 11 is 0. The molecule has 0 bridgehead atoms. The Morgan fingerprint density at radius 1 is 1.00 bits per heavy atom. The maximum atomic E-state index is 12.0. The number of hydrogen-bond donors (Lipinski definition) is 0. The van der Waals surface area contributed by atoms with Crippen LogP contribution in [0.1, 0.15) is 29.3 Å². The van der Waals surface area contributed by atoms with Crippen molar-refractivity contribution in [1.82, 2.24) is 0 Å². The Kier molecular flexibility index (Phi) is 3.38. The number of rotatable bonds is 3. The molecule has 2 aromatic rings. The van der Waals surface area contributed by atoms with Gasteiger partial charge in [-0.1, -0.05) is 55.5 Å². The Morgan fingerprint density at radius 2 is 1.71 bits per heavy atom. The minimum absolute atomic E-state index is 0.201. The van der Waals surface area contributed by atoms with Crippen LogP contribution < -0.4 is 0 Å². The van der Waals surface area contributed by atoms with Crippen molar-refractivity contribution in [2.24, 2.45) is 0 Å². The molecule has 2 rings (SSSR count). The third kappa shape index (κ3) is 2.28. The summed E-state index contributed by atoms with van der Waals surface area (Å²) in [6.45, 7) is 3.95. The quantitative estimate of drug-likeness (QED) is 0.712. The molecule has 17 heavy (non-hydrogen) atoms. The number of Topliss-reactive ketones (excluding diaryl/α,β-unsaturated/α-hetero) is 1. The molecule has 0 unspecified atom stereocenters. The fraction of sp³-hybridized carbons (Fsp3) is 0.188. The zero-order valence-electron chi connectivity index (χ0n) is 10.2. The summed E-state index contributed by atoms with van der Waals surface area (Å²) in [5, 5.41) is 0. The Hall–Kier alpha value is -1.89. The van der Waals surface area contributed by atoms with Crippen molar-refractivity contribution in [2.75, 3.05) is 0 Å². The molecule has 0 aliphatic heterocycles. The molecule has 0 radical (unpaired) electrons. The first-order chi connectivity index (χ1) is 8.24. The maximum absolute atomic E-state index is 12.0. The Bertz CT molecular complexity index is 526. The molecule has 0 amide bonds. The van der Waals surface area contributed by atoms with Crippen molar-refractivity contribution >= 4 is 5.78 Å². The molecule has 1 heteroatoms. The van der Waals surface area contributed by atoms with Crippen LogP contribution in [0.5, 0.6) is 0 Å². The van der Waals surface area contributed by atoms with Gasteiger partial charge in [-0.3, -0.25) is 4.79 Å². The van der Waals surface area contributed by atoms with Gasteiger partial charge in [0.25, 0.3) is 0 Å². The van der Waals surface area contributed by atoms with Gasteiger partial charge in [-0.15, -0.1) is 0 Å². The first-order valence-electron chi connectivity index (χ1n) is 5.92. The van der Waals surface area contributed by atoms with Crippen molar-refractivity contribution in [2.45, 2.75) is 20.3 Å². The third-order valence-electron chi connectivity index (χ3n) is 2.96. The normalized spacial score (nSPS) is 10.2. The van der Waals surface area contributed by atoms with Gasteiger partial charge in [-0.25, -0.2) is 0 Å². The van der Waals surface area contributed by atoms with E-state index in [1.807, 2.05) is 37.3 Å². The number of carbonyl (C=O) groups excluding carboxylic acids is 1. The summed E-state index contributed by atoms with van der Waals surface area (Å²) in [6, 6.07) is 16.0. The van der Waals surface area contributed by atoms with Gasteiger partial charge < -0.3 is 0 Å². The molecular weight excluding hydrogens is 208 g/mol. The number of carbonyl (C=O) groups is 1. The van der Waals surface area contributed by atoms with Gasteiger partial charge in [0.05, 0.1) is 0 Å². The molecule has 0 saturated heterocycles. The van der Waals surface area contributed by atoms with E-state index >= 15 is 0 Å². The van der Waals surface area contributed by atoms with Gasteiger partial charge in [0.2, 0.25) is 0 Å². The molecule has 0 heterocycles. The molecule has 0 saturated carbocycles. The smallest absolute Gasteiger partial charge is 0.163 e. The van der Waals surface area contributed by atoms with Crippen molar-refractivity contribution in [3.63, 3.8) is 0 Å². The van der Waals surface area contributed by atoms with Crippen LogP contribution >= 0.6 is 0 Å². The lowest BCUT2D eigenvalue weighted by molar-refractivity contribution is 0.0988. The molecule has 0 N–H and O–H groups in total. The highest BCUT2D eigenvalue weighted by atomic mass is 16.1. The lowest BCUT2D eigenvalue weighted by Gasteiger charge is -2.11. The number of hydrogen-bond acceptors (Lipinski definition) is 1. The predicted octanol–water partition coefficient (Wildman–Crippen LogP) is 4.25. The Morgan fingerprint density at radius 3 is 2.35 bits per heavy atom. The molecule has 0 atom stereocenters. The van der Waals surface area contributed by atoms with Crippen LogP contribution in [0.4, 0.5) is 0 Å². The summed E-state index contributed by atoms with van der Waals surface area (Å²) in [7, 11) is 0. The second kappa shape index (κ2) is 4.96. The van der Waals surface area contributed by atoms with E-state index in [1.54, 1.807) is 0 Å². The summed E-state index contributed by atoms with van der Waals surface area (Å²) in [5.74, 6) is 0.201.